The monoisotopic (exact) mass is 181 g/mol. The van der Waals surface area contributed by atoms with Crippen LogP contribution in [0.2, 0.25) is 0 Å². The highest BCUT2D eigenvalue weighted by Gasteiger charge is 2.67. The van der Waals surface area contributed by atoms with E-state index in [1.54, 1.807) is 0 Å². The van der Waals surface area contributed by atoms with Gasteiger partial charge >= 0.3 is 6.01 Å². The highest BCUT2D eigenvalue weighted by atomic mass is 16.4. The van der Waals surface area contributed by atoms with Crippen LogP contribution in [0.15, 0.2) is 4.42 Å². The molecule has 0 aliphatic heterocycles. The Balaban J connectivity index is 2.32. The number of nitrogens with zero attached hydrogens (tertiary/aromatic N) is 2. The van der Waals surface area contributed by atoms with Crippen molar-refractivity contribution in [3.8, 4) is 0 Å². The summed E-state index contributed by atoms with van der Waals surface area (Å²) in [5.74, 6) is 1.01. The Morgan fingerprint density at radius 1 is 1.15 bits per heavy atom. The molecule has 1 aromatic heterocycles. The van der Waals surface area contributed by atoms with Crippen LogP contribution >= 0.6 is 0 Å². The van der Waals surface area contributed by atoms with Gasteiger partial charge in [-0.1, -0.05) is 32.8 Å². The molecule has 1 aliphatic carbocycles. The van der Waals surface area contributed by atoms with Crippen LogP contribution < -0.4 is 5.73 Å². The molecule has 4 heteroatoms. The zero-order valence-electron chi connectivity index (χ0n) is 8.46. The fourth-order valence-electron chi connectivity index (χ4n) is 2.18. The first kappa shape index (κ1) is 8.53. The molecule has 0 amide bonds. The van der Waals surface area contributed by atoms with E-state index in [4.69, 9.17) is 10.2 Å². The van der Waals surface area contributed by atoms with Crippen molar-refractivity contribution in [1.29, 1.82) is 0 Å². The predicted octanol–water partition coefficient (Wildman–Crippen LogP) is 1.80. The van der Waals surface area contributed by atoms with E-state index < -0.39 is 0 Å². The lowest BCUT2D eigenvalue weighted by atomic mass is 10.0. The molecular weight excluding hydrogens is 166 g/mol. The summed E-state index contributed by atoms with van der Waals surface area (Å²) in [7, 11) is 0. The second-order valence-corrected chi connectivity index (χ2v) is 4.85. The number of hydrogen-bond donors (Lipinski definition) is 1. The molecular formula is C9H15N3O. The van der Waals surface area contributed by atoms with Crippen molar-refractivity contribution in [3.05, 3.63) is 5.89 Å². The van der Waals surface area contributed by atoms with E-state index in [9.17, 15) is 0 Å². The molecule has 0 unspecified atom stereocenters. The van der Waals surface area contributed by atoms with Crippen molar-refractivity contribution in [2.45, 2.75) is 33.6 Å². The minimum Gasteiger partial charge on any atom is -0.408 e. The number of nitrogens with two attached hydrogens (primary N) is 1. The molecule has 2 rings (SSSR count). The quantitative estimate of drug-likeness (QED) is 0.717. The van der Waals surface area contributed by atoms with Gasteiger partial charge in [0.05, 0.1) is 0 Å². The molecule has 2 N–H and O–H groups in total. The van der Waals surface area contributed by atoms with Gasteiger partial charge in [-0.15, -0.1) is 5.10 Å². The third kappa shape index (κ3) is 0.913. The van der Waals surface area contributed by atoms with Gasteiger partial charge in [-0.2, -0.15) is 0 Å². The van der Waals surface area contributed by atoms with Crippen molar-refractivity contribution >= 4 is 6.01 Å². The van der Waals surface area contributed by atoms with Gasteiger partial charge in [0, 0.05) is 5.92 Å². The van der Waals surface area contributed by atoms with Crippen LogP contribution in [-0.4, -0.2) is 10.2 Å². The largest absolute Gasteiger partial charge is 0.408 e. The third-order valence-electron chi connectivity index (χ3n) is 3.72. The van der Waals surface area contributed by atoms with Gasteiger partial charge in [-0.05, 0) is 10.8 Å². The van der Waals surface area contributed by atoms with Crippen LogP contribution in [0.4, 0.5) is 6.01 Å². The number of anilines is 1. The Hall–Kier alpha value is -1.06. The molecule has 0 atom stereocenters. The summed E-state index contributed by atoms with van der Waals surface area (Å²) in [6.45, 7) is 8.83. The van der Waals surface area contributed by atoms with Gasteiger partial charge in [0.25, 0.3) is 0 Å². The van der Waals surface area contributed by atoms with E-state index in [0.29, 0.717) is 11.8 Å². The number of aromatic nitrogens is 2. The first-order valence-corrected chi connectivity index (χ1v) is 4.46. The Bertz CT molecular complexity index is 326. The van der Waals surface area contributed by atoms with Crippen LogP contribution in [0.1, 0.15) is 39.5 Å². The lowest BCUT2D eigenvalue weighted by Gasteiger charge is -2.03. The minimum atomic E-state index is 0.161. The first-order chi connectivity index (χ1) is 5.87. The Labute approximate surface area is 77.5 Å². The predicted molar refractivity (Wildman–Crippen MR) is 49.0 cm³/mol. The third-order valence-corrected chi connectivity index (χ3v) is 3.72. The van der Waals surface area contributed by atoms with Crippen molar-refractivity contribution in [2.24, 2.45) is 10.8 Å². The van der Waals surface area contributed by atoms with Gasteiger partial charge in [-0.3, -0.25) is 0 Å². The molecule has 1 heterocycles. The van der Waals surface area contributed by atoms with E-state index in [1.807, 2.05) is 0 Å². The maximum Gasteiger partial charge on any atom is 0.312 e. The summed E-state index contributed by atoms with van der Waals surface area (Å²) < 4.78 is 5.23. The minimum absolute atomic E-state index is 0.161. The van der Waals surface area contributed by atoms with Gasteiger partial charge in [0.2, 0.25) is 5.89 Å². The summed E-state index contributed by atoms with van der Waals surface area (Å²) >= 11 is 0. The molecule has 0 saturated heterocycles. The molecule has 0 radical (unpaired) electrons. The molecule has 0 aromatic carbocycles. The molecule has 4 nitrogen and oxygen atoms in total. The Kier molecular flexibility index (Phi) is 1.35. The summed E-state index contributed by atoms with van der Waals surface area (Å²) in [5, 5.41) is 7.60. The Morgan fingerprint density at radius 3 is 2.00 bits per heavy atom. The fourth-order valence-corrected chi connectivity index (χ4v) is 2.18. The molecule has 72 valence electrons. The van der Waals surface area contributed by atoms with E-state index in [2.05, 4.69) is 37.9 Å². The topological polar surface area (TPSA) is 64.9 Å². The average Bonchev–Trinajstić information content (AvgIpc) is 2.32. The van der Waals surface area contributed by atoms with Crippen molar-refractivity contribution in [1.82, 2.24) is 10.2 Å². The zero-order chi connectivity index (χ0) is 9.85. The number of rotatable bonds is 1. The maximum atomic E-state index is 5.38. The molecule has 1 fully saturated rings. The van der Waals surface area contributed by atoms with Crippen molar-refractivity contribution in [3.63, 3.8) is 0 Å². The van der Waals surface area contributed by atoms with Crippen LogP contribution in [0.5, 0.6) is 0 Å². The average molecular weight is 181 g/mol. The lowest BCUT2D eigenvalue weighted by Crippen LogP contribution is -1.95. The lowest BCUT2D eigenvalue weighted by molar-refractivity contribution is 0.457. The Morgan fingerprint density at radius 2 is 1.69 bits per heavy atom. The van der Waals surface area contributed by atoms with E-state index in [1.165, 1.54) is 0 Å². The molecule has 1 aromatic rings. The van der Waals surface area contributed by atoms with Crippen LogP contribution in [-0.2, 0) is 0 Å². The fraction of sp³-hybridized carbons (Fsp3) is 0.778. The van der Waals surface area contributed by atoms with Crippen molar-refractivity contribution in [2.75, 3.05) is 5.73 Å². The van der Waals surface area contributed by atoms with Gasteiger partial charge < -0.3 is 10.2 Å². The number of nitrogen functional groups attached to an aromatic ring is 1. The molecule has 1 aliphatic rings. The normalized spacial score (nSPS) is 24.6. The van der Waals surface area contributed by atoms with Gasteiger partial charge in [0.15, 0.2) is 0 Å². The van der Waals surface area contributed by atoms with Crippen LogP contribution in [0, 0.1) is 10.8 Å². The van der Waals surface area contributed by atoms with Crippen molar-refractivity contribution < 1.29 is 4.42 Å². The van der Waals surface area contributed by atoms with E-state index in [0.717, 1.165) is 0 Å². The second kappa shape index (κ2) is 2.05. The summed E-state index contributed by atoms with van der Waals surface area (Å²) in [6, 6.07) is 0.161. The first-order valence-electron chi connectivity index (χ1n) is 4.46. The molecule has 0 bridgehead atoms. The second-order valence-electron chi connectivity index (χ2n) is 4.85. The smallest absolute Gasteiger partial charge is 0.312 e. The van der Waals surface area contributed by atoms with E-state index >= 15 is 0 Å². The summed E-state index contributed by atoms with van der Waals surface area (Å²) in [5.41, 5.74) is 5.84. The maximum absolute atomic E-state index is 5.38. The standard InChI is InChI=1S/C9H15N3O/c1-8(2)5(9(8,3)4)6-11-12-7(10)13-6/h5H,1-4H3,(H2,10,12). The zero-order valence-corrected chi connectivity index (χ0v) is 8.46. The van der Waals surface area contributed by atoms with Gasteiger partial charge in [-0.25, -0.2) is 0 Å². The SMILES string of the molecule is CC1(C)C(c2nnc(N)o2)C1(C)C. The summed E-state index contributed by atoms with van der Waals surface area (Å²) in [4.78, 5) is 0. The molecule has 0 spiro atoms. The molecule has 13 heavy (non-hydrogen) atoms. The number of hydrogen-bond acceptors (Lipinski definition) is 4. The highest BCUT2D eigenvalue weighted by molar-refractivity contribution is 5.25. The summed E-state index contributed by atoms with van der Waals surface area (Å²) in [6.07, 6.45) is 0. The van der Waals surface area contributed by atoms with Crippen LogP contribution in [0.3, 0.4) is 0 Å². The highest BCUT2D eigenvalue weighted by Crippen LogP contribution is 2.73. The molecule has 1 saturated carbocycles. The van der Waals surface area contributed by atoms with Gasteiger partial charge in [0.1, 0.15) is 0 Å². The van der Waals surface area contributed by atoms with Crippen LogP contribution in [0.25, 0.3) is 0 Å². The van der Waals surface area contributed by atoms with E-state index in [-0.39, 0.29) is 16.8 Å².